The predicted octanol–water partition coefficient (Wildman–Crippen LogP) is 4.80. The SMILES string of the molecule is C=CCCc1ccc(Oc2c(C)cc(P(=O)(O)NO)cc2C)c(F)c1Cl. The highest BCUT2D eigenvalue weighted by Gasteiger charge is 2.23. The van der Waals surface area contributed by atoms with Gasteiger partial charge in [0.05, 0.1) is 10.3 Å². The molecule has 0 saturated heterocycles. The molecule has 8 heteroatoms. The van der Waals surface area contributed by atoms with Gasteiger partial charge in [0.25, 0.3) is 0 Å². The van der Waals surface area contributed by atoms with E-state index in [9.17, 15) is 13.8 Å². The monoisotopic (exact) mass is 399 g/mol. The van der Waals surface area contributed by atoms with E-state index in [1.54, 1.807) is 26.0 Å². The molecular formula is C18H20ClFNO4P. The van der Waals surface area contributed by atoms with Crippen LogP contribution >= 0.6 is 19.1 Å². The lowest BCUT2D eigenvalue weighted by Crippen LogP contribution is -2.16. The number of nitrogens with one attached hydrogen (secondary N) is 1. The molecule has 26 heavy (non-hydrogen) atoms. The third-order valence-electron chi connectivity index (χ3n) is 3.89. The standard InChI is InChI=1S/C18H20ClFNO4P/c1-4-5-6-13-7-8-15(17(20)16(13)19)25-18-11(2)9-14(10-12(18)3)26(23,24)21-22/h4,7-10,22H,1,5-6H2,2-3H3,(H2,21,23,24). The molecule has 0 fully saturated rings. The largest absolute Gasteiger partial charge is 0.454 e. The van der Waals surface area contributed by atoms with Gasteiger partial charge in [-0.2, -0.15) is 0 Å². The molecule has 0 radical (unpaired) electrons. The van der Waals surface area contributed by atoms with Gasteiger partial charge in [-0.15, -0.1) is 11.8 Å². The number of halogens is 2. The third-order valence-corrected chi connectivity index (χ3v) is 5.53. The lowest BCUT2D eigenvalue weighted by Gasteiger charge is -2.17. The summed E-state index contributed by atoms with van der Waals surface area (Å²) in [6.07, 6.45) is 2.99. The van der Waals surface area contributed by atoms with Crippen LogP contribution in [-0.2, 0) is 11.0 Å². The van der Waals surface area contributed by atoms with Crippen molar-refractivity contribution in [1.82, 2.24) is 5.25 Å². The van der Waals surface area contributed by atoms with Crippen molar-refractivity contribution in [2.75, 3.05) is 0 Å². The van der Waals surface area contributed by atoms with Crippen LogP contribution in [0.5, 0.6) is 11.5 Å². The van der Waals surface area contributed by atoms with E-state index < -0.39 is 13.3 Å². The second kappa shape index (κ2) is 8.33. The van der Waals surface area contributed by atoms with Crippen LogP contribution in [0.1, 0.15) is 23.1 Å². The molecule has 0 saturated carbocycles. The summed E-state index contributed by atoms with van der Waals surface area (Å²) in [5, 5.41) is 10.2. The van der Waals surface area contributed by atoms with E-state index in [-0.39, 0.29) is 16.1 Å². The minimum absolute atomic E-state index is 0.000570. The van der Waals surface area contributed by atoms with Crippen molar-refractivity contribution < 1.29 is 23.8 Å². The minimum atomic E-state index is -4.07. The van der Waals surface area contributed by atoms with Crippen LogP contribution in [-0.4, -0.2) is 10.1 Å². The number of benzene rings is 2. The van der Waals surface area contributed by atoms with Gasteiger partial charge in [-0.05, 0) is 61.6 Å². The van der Waals surface area contributed by atoms with E-state index in [4.69, 9.17) is 21.5 Å². The normalized spacial score (nSPS) is 13.3. The molecule has 0 aliphatic rings. The molecule has 0 aliphatic heterocycles. The molecule has 5 nitrogen and oxygen atoms in total. The van der Waals surface area contributed by atoms with Crippen molar-refractivity contribution in [2.45, 2.75) is 26.7 Å². The fourth-order valence-electron chi connectivity index (χ4n) is 2.53. The van der Waals surface area contributed by atoms with Gasteiger partial charge in [0.2, 0.25) is 0 Å². The quantitative estimate of drug-likeness (QED) is 0.354. The summed E-state index contributed by atoms with van der Waals surface area (Å²) in [5.74, 6) is -0.356. The Bertz CT molecular complexity index is 865. The second-order valence-electron chi connectivity index (χ2n) is 5.86. The summed E-state index contributed by atoms with van der Waals surface area (Å²) in [4.78, 5) is 9.68. The van der Waals surface area contributed by atoms with E-state index >= 15 is 0 Å². The second-order valence-corrected chi connectivity index (χ2v) is 8.11. The minimum Gasteiger partial charge on any atom is -0.454 e. The van der Waals surface area contributed by atoms with Gasteiger partial charge >= 0.3 is 7.52 Å². The highest BCUT2D eigenvalue weighted by molar-refractivity contribution is 7.63. The molecular weight excluding hydrogens is 380 g/mol. The van der Waals surface area contributed by atoms with E-state index in [1.807, 2.05) is 0 Å². The topological polar surface area (TPSA) is 78.8 Å². The molecule has 0 amide bonds. The molecule has 140 valence electrons. The Morgan fingerprint density at radius 3 is 2.50 bits per heavy atom. The lowest BCUT2D eigenvalue weighted by molar-refractivity contribution is 0.226. The molecule has 0 bridgehead atoms. The molecule has 0 spiro atoms. The zero-order chi connectivity index (χ0) is 19.5. The molecule has 2 rings (SSSR count). The summed E-state index contributed by atoms with van der Waals surface area (Å²) in [6.45, 7) is 6.94. The van der Waals surface area contributed by atoms with Crippen molar-refractivity contribution in [3.8, 4) is 11.5 Å². The maximum absolute atomic E-state index is 14.6. The van der Waals surface area contributed by atoms with Crippen LogP contribution in [0.15, 0.2) is 36.9 Å². The molecule has 1 atom stereocenters. The predicted molar refractivity (Wildman–Crippen MR) is 100 cm³/mol. The lowest BCUT2D eigenvalue weighted by atomic mass is 10.1. The number of hydrogen-bond donors (Lipinski definition) is 3. The highest BCUT2D eigenvalue weighted by atomic mass is 35.5. The zero-order valence-electron chi connectivity index (χ0n) is 14.4. The Morgan fingerprint density at radius 2 is 1.96 bits per heavy atom. The fraction of sp³-hybridized carbons (Fsp3) is 0.222. The van der Waals surface area contributed by atoms with Crippen molar-refractivity contribution in [1.29, 1.82) is 0 Å². The average molecular weight is 400 g/mol. The first kappa shape index (κ1) is 20.6. The molecule has 0 heterocycles. The van der Waals surface area contributed by atoms with Gasteiger partial charge in [0.15, 0.2) is 11.6 Å². The van der Waals surface area contributed by atoms with Crippen LogP contribution in [0.3, 0.4) is 0 Å². The van der Waals surface area contributed by atoms with E-state index in [0.29, 0.717) is 35.3 Å². The fourth-order valence-corrected chi connectivity index (χ4v) is 3.64. The summed E-state index contributed by atoms with van der Waals surface area (Å²) >= 11 is 6.09. The number of ether oxygens (including phenoxy) is 1. The van der Waals surface area contributed by atoms with Crippen LogP contribution in [0, 0.1) is 19.7 Å². The van der Waals surface area contributed by atoms with Gasteiger partial charge in [0.1, 0.15) is 5.75 Å². The summed E-state index contributed by atoms with van der Waals surface area (Å²) in [5.41, 5.74) is 1.68. The van der Waals surface area contributed by atoms with Crippen LogP contribution in [0.4, 0.5) is 4.39 Å². The van der Waals surface area contributed by atoms with Crippen molar-refractivity contribution >= 4 is 24.4 Å². The van der Waals surface area contributed by atoms with Crippen molar-refractivity contribution in [3.05, 3.63) is 64.5 Å². The molecule has 2 aromatic rings. The highest BCUT2D eigenvalue weighted by Crippen LogP contribution is 2.38. The van der Waals surface area contributed by atoms with Gasteiger partial charge in [-0.1, -0.05) is 23.7 Å². The molecule has 1 unspecified atom stereocenters. The first-order chi connectivity index (χ1) is 12.2. The van der Waals surface area contributed by atoms with Gasteiger partial charge < -0.3 is 14.8 Å². The molecule has 3 N–H and O–H groups in total. The Morgan fingerprint density at radius 1 is 1.35 bits per heavy atom. The smallest absolute Gasteiger partial charge is 0.319 e. The van der Waals surface area contributed by atoms with Crippen LogP contribution < -0.4 is 15.3 Å². The number of hydrogen-bond acceptors (Lipinski definition) is 3. The molecule has 2 aromatic carbocycles. The zero-order valence-corrected chi connectivity index (χ0v) is 16.1. The maximum atomic E-state index is 14.6. The Labute approximate surface area is 156 Å². The van der Waals surface area contributed by atoms with Crippen LogP contribution in [0.2, 0.25) is 5.02 Å². The van der Waals surface area contributed by atoms with E-state index in [0.717, 1.165) is 0 Å². The number of aryl methyl sites for hydroxylation is 3. The van der Waals surface area contributed by atoms with E-state index in [1.165, 1.54) is 23.4 Å². The average Bonchev–Trinajstić information content (AvgIpc) is 2.60. The Hall–Kier alpha value is -1.69. The van der Waals surface area contributed by atoms with Gasteiger partial charge in [-0.3, -0.25) is 4.57 Å². The molecule has 0 aliphatic carbocycles. The number of rotatable bonds is 7. The summed E-state index contributed by atoms with van der Waals surface area (Å²) in [6, 6.07) is 5.98. The maximum Gasteiger partial charge on any atom is 0.319 e. The summed E-state index contributed by atoms with van der Waals surface area (Å²) in [7, 11) is -4.07. The van der Waals surface area contributed by atoms with Gasteiger partial charge in [-0.25, -0.2) is 4.39 Å². The van der Waals surface area contributed by atoms with Crippen LogP contribution in [0.25, 0.3) is 0 Å². The Balaban J connectivity index is 2.39. The summed E-state index contributed by atoms with van der Waals surface area (Å²) < 4.78 is 32.1. The third kappa shape index (κ3) is 4.34. The molecule has 0 aromatic heterocycles. The Kier molecular flexibility index (Phi) is 6.61. The van der Waals surface area contributed by atoms with Crippen molar-refractivity contribution in [3.63, 3.8) is 0 Å². The first-order valence-corrected chi connectivity index (χ1v) is 9.86. The van der Waals surface area contributed by atoms with E-state index in [2.05, 4.69) is 6.58 Å². The first-order valence-electron chi connectivity index (χ1n) is 7.83. The number of allylic oxidation sites excluding steroid dienone is 1. The van der Waals surface area contributed by atoms with Crippen molar-refractivity contribution in [2.24, 2.45) is 0 Å². The van der Waals surface area contributed by atoms with Gasteiger partial charge in [0, 0.05) is 0 Å².